The Hall–Kier alpha value is -1.42. The Bertz CT molecular complexity index is 404. The highest BCUT2D eigenvalue weighted by Gasteiger charge is 2.15. The molecule has 1 rings (SSSR count). The number of nitrogens with one attached hydrogen (secondary N) is 1. The van der Waals surface area contributed by atoms with Crippen molar-refractivity contribution in [3.63, 3.8) is 0 Å². The van der Waals surface area contributed by atoms with Crippen LogP contribution in [0.1, 0.15) is 24.2 Å². The summed E-state index contributed by atoms with van der Waals surface area (Å²) in [5.74, 6) is -0.739. The van der Waals surface area contributed by atoms with E-state index in [2.05, 4.69) is 5.32 Å². The molecule has 0 spiro atoms. The van der Waals surface area contributed by atoms with Crippen molar-refractivity contribution in [2.75, 3.05) is 12.4 Å². The van der Waals surface area contributed by atoms with Crippen LogP contribution < -0.4 is 10.1 Å². The van der Waals surface area contributed by atoms with Gasteiger partial charge in [0.1, 0.15) is 11.3 Å². The normalized spacial score (nSPS) is 10.3. The number of carboxylic acid groups (broad SMARTS) is 1. The van der Waals surface area contributed by atoms with Crippen molar-refractivity contribution in [3.05, 3.63) is 22.7 Å². The molecule has 1 aromatic carbocycles. The van der Waals surface area contributed by atoms with E-state index < -0.39 is 5.97 Å². The highest BCUT2D eigenvalue weighted by molar-refractivity contribution is 6.33. The van der Waals surface area contributed by atoms with Gasteiger partial charge in [0.25, 0.3) is 0 Å². The number of hydrogen-bond donors (Lipinski definition) is 2. The van der Waals surface area contributed by atoms with Gasteiger partial charge in [-0.2, -0.15) is 0 Å². The highest BCUT2D eigenvalue weighted by Crippen LogP contribution is 2.31. The Morgan fingerprint density at radius 2 is 2.12 bits per heavy atom. The lowest BCUT2D eigenvalue weighted by atomic mass is 10.1. The highest BCUT2D eigenvalue weighted by atomic mass is 35.5. The molecule has 0 unspecified atom stereocenters. The van der Waals surface area contributed by atoms with Gasteiger partial charge in [-0.3, -0.25) is 0 Å². The van der Waals surface area contributed by atoms with E-state index in [0.717, 1.165) is 0 Å². The summed E-state index contributed by atoms with van der Waals surface area (Å²) in [5, 5.41) is 12.2. The van der Waals surface area contributed by atoms with Crippen LogP contribution in [0, 0.1) is 0 Å². The zero-order valence-corrected chi connectivity index (χ0v) is 10.1. The van der Waals surface area contributed by atoms with E-state index in [-0.39, 0.29) is 11.7 Å². The fraction of sp³-hybridized carbons (Fsp3) is 0.364. The number of aromatic carboxylic acids is 1. The number of anilines is 1. The largest absolute Gasteiger partial charge is 0.490 e. The van der Waals surface area contributed by atoms with Crippen LogP contribution in [0.5, 0.6) is 5.75 Å². The predicted octanol–water partition coefficient (Wildman–Crippen LogP) is 2.87. The van der Waals surface area contributed by atoms with Crippen molar-refractivity contribution in [1.29, 1.82) is 0 Å². The number of hydrogen-bond acceptors (Lipinski definition) is 3. The van der Waals surface area contributed by atoms with Gasteiger partial charge in [0.2, 0.25) is 0 Å². The summed E-state index contributed by atoms with van der Waals surface area (Å²) in [6, 6.07) is 2.97. The molecule has 5 heteroatoms. The number of carboxylic acids is 1. The van der Waals surface area contributed by atoms with Gasteiger partial charge in [0.15, 0.2) is 0 Å². The summed E-state index contributed by atoms with van der Waals surface area (Å²) in [4.78, 5) is 11.0. The van der Waals surface area contributed by atoms with E-state index in [1.807, 2.05) is 13.8 Å². The van der Waals surface area contributed by atoms with Crippen LogP contribution in [0.2, 0.25) is 5.02 Å². The van der Waals surface area contributed by atoms with Crippen LogP contribution in [0.3, 0.4) is 0 Å². The summed E-state index contributed by atoms with van der Waals surface area (Å²) in [6.45, 7) is 3.67. The molecule has 0 amide bonds. The number of carbonyl (C=O) groups is 1. The lowest BCUT2D eigenvalue weighted by Crippen LogP contribution is -2.10. The first kappa shape index (κ1) is 12.6. The van der Waals surface area contributed by atoms with Crippen LogP contribution in [0.15, 0.2) is 12.1 Å². The summed E-state index contributed by atoms with van der Waals surface area (Å²) >= 11 is 5.90. The molecule has 0 bridgehead atoms. The molecule has 0 aliphatic carbocycles. The number of rotatable bonds is 4. The van der Waals surface area contributed by atoms with Gasteiger partial charge in [-0.05, 0) is 19.9 Å². The lowest BCUT2D eigenvalue weighted by Gasteiger charge is -2.14. The molecule has 0 aliphatic rings. The Balaban J connectivity index is 3.25. The third kappa shape index (κ3) is 2.79. The summed E-state index contributed by atoms with van der Waals surface area (Å²) in [5.41, 5.74) is 0.708. The molecule has 0 saturated heterocycles. The molecule has 0 heterocycles. The fourth-order valence-corrected chi connectivity index (χ4v) is 1.52. The zero-order chi connectivity index (χ0) is 12.3. The van der Waals surface area contributed by atoms with Gasteiger partial charge in [-0.25, -0.2) is 4.79 Å². The molecular weight excluding hydrogens is 230 g/mol. The first-order valence-corrected chi connectivity index (χ1v) is 5.24. The number of benzene rings is 1. The van der Waals surface area contributed by atoms with Gasteiger partial charge in [-0.15, -0.1) is 0 Å². The molecule has 88 valence electrons. The van der Waals surface area contributed by atoms with Crippen LogP contribution in [-0.4, -0.2) is 24.2 Å². The van der Waals surface area contributed by atoms with Crippen LogP contribution in [-0.2, 0) is 0 Å². The summed E-state index contributed by atoms with van der Waals surface area (Å²) in [6.07, 6.45) is -0.0935. The van der Waals surface area contributed by atoms with E-state index in [9.17, 15) is 4.79 Å². The second-order valence-electron chi connectivity index (χ2n) is 3.55. The monoisotopic (exact) mass is 243 g/mol. The SMILES string of the molecule is CNc1cc(OC(C)C)c(C(=O)O)cc1Cl. The first-order chi connectivity index (χ1) is 7.45. The Labute approximate surface area is 99.2 Å². The van der Waals surface area contributed by atoms with Crippen LogP contribution >= 0.6 is 11.6 Å². The van der Waals surface area contributed by atoms with Crippen LogP contribution in [0.4, 0.5) is 5.69 Å². The van der Waals surface area contributed by atoms with E-state index in [1.165, 1.54) is 6.07 Å². The Kier molecular flexibility index (Phi) is 4.01. The third-order valence-corrected chi connectivity index (χ3v) is 2.24. The molecule has 1 aromatic rings. The second-order valence-corrected chi connectivity index (χ2v) is 3.96. The average Bonchev–Trinajstić information content (AvgIpc) is 2.19. The molecule has 0 saturated carbocycles. The van der Waals surface area contributed by atoms with Crippen molar-refractivity contribution < 1.29 is 14.6 Å². The van der Waals surface area contributed by atoms with Gasteiger partial charge < -0.3 is 15.2 Å². The maximum absolute atomic E-state index is 11.0. The van der Waals surface area contributed by atoms with Crippen molar-refractivity contribution >= 4 is 23.3 Å². The average molecular weight is 244 g/mol. The van der Waals surface area contributed by atoms with E-state index in [1.54, 1.807) is 13.1 Å². The zero-order valence-electron chi connectivity index (χ0n) is 9.37. The molecule has 2 N–H and O–H groups in total. The fourth-order valence-electron chi connectivity index (χ4n) is 1.26. The number of ether oxygens (including phenoxy) is 1. The van der Waals surface area contributed by atoms with E-state index in [0.29, 0.717) is 16.5 Å². The standard InChI is InChI=1S/C11H14ClNO3/c1-6(2)16-10-5-9(13-3)8(12)4-7(10)11(14)15/h4-6,13H,1-3H3,(H,14,15). The molecule has 0 atom stereocenters. The minimum absolute atomic E-state index is 0.0673. The van der Waals surface area contributed by atoms with E-state index in [4.69, 9.17) is 21.4 Å². The van der Waals surface area contributed by atoms with Gasteiger partial charge >= 0.3 is 5.97 Å². The van der Waals surface area contributed by atoms with E-state index >= 15 is 0 Å². The van der Waals surface area contributed by atoms with Crippen molar-refractivity contribution in [2.24, 2.45) is 0 Å². The second kappa shape index (κ2) is 5.07. The molecule has 16 heavy (non-hydrogen) atoms. The van der Waals surface area contributed by atoms with Crippen LogP contribution in [0.25, 0.3) is 0 Å². The molecule has 0 radical (unpaired) electrons. The van der Waals surface area contributed by atoms with Crippen molar-refractivity contribution in [2.45, 2.75) is 20.0 Å². The van der Waals surface area contributed by atoms with Crippen molar-refractivity contribution in [1.82, 2.24) is 0 Å². The third-order valence-electron chi connectivity index (χ3n) is 1.93. The molecule has 4 nitrogen and oxygen atoms in total. The van der Waals surface area contributed by atoms with Gasteiger partial charge in [0, 0.05) is 13.1 Å². The van der Waals surface area contributed by atoms with Gasteiger partial charge in [0.05, 0.1) is 16.8 Å². The number of halogens is 1. The predicted molar refractivity (Wildman–Crippen MR) is 63.7 cm³/mol. The topological polar surface area (TPSA) is 58.6 Å². The van der Waals surface area contributed by atoms with Gasteiger partial charge in [-0.1, -0.05) is 11.6 Å². The summed E-state index contributed by atoms with van der Waals surface area (Å²) in [7, 11) is 1.71. The maximum atomic E-state index is 11.0. The maximum Gasteiger partial charge on any atom is 0.339 e. The first-order valence-electron chi connectivity index (χ1n) is 4.87. The quantitative estimate of drug-likeness (QED) is 0.854. The molecular formula is C11H14ClNO3. The lowest BCUT2D eigenvalue weighted by molar-refractivity contribution is 0.0690. The Morgan fingerprint density at radius 3 is 2.56 bits per heavy atom. The minimum Gasteiger partial charge on any atom is -0.490 e. The van der Waals surface area contributed by atoms with Crippen molar-refractivity contribution in [3.8, 4) is 5.75 Å². The summed E-state index contributed by atoms with van der Waals surface area (Å²) < 4.78 is 5.42. The smallest absolute Gasteiger partial charge is 0.339 e. The molecule has 0 aromatic heterocycles. The minimum atomic E-state index is -1.06. The molecule has 0 fully saturated rings. The Morgan fingerprint density at radius 1 is 1.50 bits per heavy atom. The molecule has 0 aliphatic heterocycles.